The lowest BCUT2D eigenvalue weighted by Crippen LogP contribution is -2.31. The fourth-order valence-corrected chi connectivity index (χ4v) is 2.09. The first-order valence-electron chi connectivity index (χ1n) is 7.36. The van der Waals surface area contributed by atoms with E-state index < -0.39 is 5.82 Å². The Bertz CT molecular complexity index is 589. The number of carbonyl (C=O) groups excluding carboxylic acids is 3. The van der Waals surface area contributed by atoms with Gasteiger partial charge in [-0.2, -0.15) is 0 Å². The van der Waals surface area contributed by atoms with Gasteiger partial charge in [0.2, 0.25) is 11.8 Å². The van der Waals surface area contributed by atoms with Gasteiger partial charge in [-0.25, -0.2) is 4.39 Å². The molecule has 0 spiro atoms. The number of anilines is 2. The van der Waals surface area contributed by atoms with E-state index in [1.807, 2.05) is 0 Å². The molecule has 126 valence electrons. The summed E-state index contributed by atoms with van der Waals surface area (Å²) in [5, 5.41) is 2.56. The molecule has 1 aromatic carbocycles. The summed E-state index contributed by atoms with van der Waals surface area (Å²) in [5.74, 6) is -1.51. The fraction of sp³-hybridized carbons (Fsp3) is 0.438. The van der Waals surface area contributed by atoms with E-state index in [0.29, 0.717) is 18.7 Å². The number of nitrogens with zero attached hydrogens (tertiary/aromatic N) is 1. The summed E-state index contributed by atoms with van der Waals surface area (Å²) in [5.41, 5.74) is 0.599. The van der Waals surface area contributed by atoms with Gasteiger partial charge in [-0.3, -0.25) is 14.4 Å². The minimum Gasteiger partial charge on any atom is -0.466 e. The zero-order chi connectivity index (χ0) is 17.4. The number of carbonyl (C=O) groups is 3. The Labute approximate surface area is 134 Å². The van der Waals surface area contributed by atoms with Crippen molar-refractivity contribution in [2.24, 2.45) is 0 Å². The van der Waals surface area contributed by atoms with Gasteiger partial charge in [0.25, 0.3) is 0 Å². The molecule has 2 amide bonds. The van der Waals surface area contributed by atoms with Crippen LogP contribution in [0.5, 0.6) is 0 Å². The molecule has 0 radical (unpaired) electrons. The molecule has 0 aromatic heterocycles. The molecule has 0 heterocycles. The third kappa shape index (κ3) is 6.06. The van der Waals surface area contributed by atoms with Gasteiger partial charge in [0.15, 0.2) is 0 Å². The van der Waals surface area contributed by atoms with E-state index in [4.69, 9.17) is 4.74 Å². The number of halogens is 1. The van der Waals surface area contributed by atoms with Crippen LogP contribution < -0.4 is 10.2 Å². The molecule has 1 rings (SSSR count). The Hall–Kier alpha value is -2.44. The lowest BCUT2D eigenvalue weighted by molar-refractivity contribution is -0.143. The van der Waals surface area contributed by atoms with Gasteiger partial charge in [-0.1, -0.05) is 0 Å². The highest BCUT2D eigenvalue weighted by Gasteiger charge is 2.17. The van der Waals surface area contributed by atoms with Crippen molar-refractivity contribution < 1.29 is 23.5 Å². The molecule has 0 saturated heterocycles. The van der Waals surface area contributed by atoms with Crippen LogP contribution in [0.2, 0.25) is 0 Å². The quantitative estimate of drug-likeness (QED) is 0.782. The molecule has 6 nitrogen and oxygen atoms in total. The molecule has 0 atom stereocenters. The largest absolute Gasteiger partial charge is 0.466 e. The average Bonchev–Trinajstić information content (AvgIpc) is 2.45. The molecule has 0 fully saturated rings. The fourth-order valence-electron chi connectivity index (χ4n) is 2.09. The molecular formula is C16H21FN2O4. The Morgan fingerprint density at radius 1 is 1.26 bits per heavy atom. The normalized spacial score (nSPS) is 10.1. The maximum atomic E-state index is 13.5. The van der Waals surface area contributed by atoms with E-state index in [1.54, 1.807) is 6.92 Å². The van der Waals surface area contributed by atoms with Crippen LogP contribution in [0.25, 0.3) is 0 Å². The molecule has 0 bridgehead atoms. The Balaban J connectivity index is 2.92. The summed E-state index contributed by atoms with van der Waals surface area (Å²) < 4.78 is 18.4. The van der Waals surface area contributed by atoms with E-state index >= 15 is 0 Å². The molecule has 7 heteroatoms. The first-order valence-corrected chi connectivity index (χ1v) is 7.36. The predicted octanol–water partition coefficient (Wildman–Crippen LogP) is 2.48. The Morgan fingerprint density at radius 3 is 2.52 bits per heavy atom. The van der Waals surface area contributed by atoms with E-state index in [1.165, 1.54) is 36.9 Å². The van der Waals surface area contributed by atoms with Crippen molar-refractivity contribution in [2.45, 2.75) is 33.6 Å². The van der Waals surface area contributed by atoms with Crippen LogP contribution >= 0.6 is 0 Å². The second kappa shape index (κ2) is 8.87. The molecular weight excluding hydrogens is 303 g/mol. The lowest BCUT2D eigenvalue weighted by atomic mass is 10.2. The van der Waals surface area contributed by atoms with Gasteiger partial charge in [0.05, 0.1) is 18.0 Å². The summed E-state index contributed by atoms with van der Waals surface area (Å²) in [7, 11) is 0. The van der Waals surface area contributed by atoms with Crippen LogP contribution in [0.15, 0.2) is 18.2 Å². The monoisotopic (exact) mass is 324 g/mol. The van der Waals surface area contributed by atoms with Gasteiger partial charge in [-0.15, -0.1) is 0 Å². The summed E-state index contributed by atoms with van der Waals surface area (Å²) in [4.78, 5) is 35.8. The summed E-state index contributed by atoms with van der Waals surface area (Å²) in [6.07, 6.45) is 0.525. The first-order chi connectivity index (χ1) is 10.8. The van der Waals surface area contributed by atoms with Crippen LogP contribution in [-0.4, -0.2) is 30.9 Å². The van der Waals surface area contributed by atoms with Crippen molar-refractivity contribution in [3.63, 3.8) is 0 Å². The van der Waals surface area contributed by atoms with Gasteiger partial charge < -0.3 is 15.0 Å². The molecule has 23 heavy (non-hydrogen) atoms. The number of rotatable bonds is 7. The minimum atomic E-state index is -0.522. The molecule has 0 saturated carbocycles. The van der Waals surface area contributed by atoms with E-state index in [2.05, 4.69) is 5.32 Å². The van der Waals surface area contributed by atoms with Crippen LogP contribution in [0, 0.1) is 5.82 Å². The second-order valence-corrected chi connectivity index (χ2v) is 4.92. The number of amides is 2. The summed E-state index contributed by atoms with van der Waals surface area (Å²) in [6.45, 7) is 4.89. The smallest absolute Gasteiger partial charge is 0.305 e. The molecule has 1 N–H and O–H groups in total. The zero-order valence-corrected chi connectivity index (χ0v) is 13.5. The van der Waals surface area contributed by atoms with Gasteiger partial charge in [0.1, 0.15) is 5.82 Å². The number of nitrogens with one attached hydrogen (secondary N) is 1. The van der Waals surface area contributed by atoms with Crippen molar-refractivity contribution in [2.75, 3.05) is 23.4 Å². The Morgan fingerprint density at radius 2 is 1.96 bits per heavy atom. The standard InChI is InChI=1S/C16H21FN2O4/c1-4-23-16(22)6-5-9-19(12(3)21)15-10-13(17)7-8-14(15)18-11(2)20/h7-8,10H,4-6,9H2,1-3H3,(H,18,20). The highest BCUT2D eigenvalue weighted by Crippen LogP contribution is 2.27. The first kappa shape index (κ1) is 18.6. The van der Waals surface area contributed by atoms with Crippen molar-refractivity contribution >= 4 is 29.2 Å². The van der Waals surface area contributed by atoms with Crippen LogP contribution in [0.4, 0.5) is 15.8 Å². The zero-order valence-electron chi connectivity index (χ0n) is 13.5. The molecule has 0 aliphatic heterocycles. The Kier molecular flexibility index (Phi) is 7.18. The summed E-state index contributed by atoms with van der Waals surface area (Å²) >= 11 is 0. The van der Waals surface area contributed by atoms with Crippen LogP contribution in [0.3, 0.4) is 0 Å². The van der Waals surface area contributed by atoms with Crippen LogP contribution in [0.1, 0.15) is 33.6 Å². The van der Waals surface area contributed by atoms with Crippen molar-refractivity contribution in [1.29, 1.82) is 0 Å². The molecule has 0 aliphatic rings. The maximum Gasteiger partial charge on any atom is 0.305 e. The third-order valence-corrected chi connectivity index (χ3v) is 3.01. The van der Waals surface area contributed by atoms with Crippen molar-refractivity contribution in [3.05, 3.63) is 24.0 Å². The van der Waals surface area contributed by atoms with E-state index in [-0.39, 0.29) is 36.4 Å². The van der Waals surface area contributed by atoms with Gasteiger partial charge >= 0.3 is 5.97 Å². The predicted molar refractivity (Wildman–Crippen MR) is 84.6 cm³/mol. The number of hydrogen-bond acceptors (Lipinski definition) is 4. The number of benzene rings is 1. The van der Waals surface area contributed by atoms with E-state index in [9.17, 15) is 18.8 Å². The SMILES string of the molecule is CCOC(=O)CCCN(C(C)=O)c1cc(F)ccc1NC(C)=O. The number of esters is 1. The lowest BCUT2D eigenvalue weighted by Gasteiger charge is -2.24. The minimum absolute atomic E-state index is 0.155. The van der Waals surface area contributed by atoms with Gasteiger partial charge in [0, 0.05) is 26.8 Å². The van der Waals surface area contributed by atoms with Crippen molar-refractivity contribution in [3.8, 4) is 0 Å². The average molecular weight is 324 g/mol. The van der Waals surface area contributed by atoms with E-state index in [0.717, 1.165) is 0 Å². The molecule has 0 unspecified atom stereocenters. The maximum absolute atomic E-state index is 13.5. The highest BCUT2D eigenvalue weighted by atomic mass is 19.1. The van der Waals surface area contributed by atoms with Crippen molar-refractivity contribution in [1.82, 2.24) is 0 Å². The topological polar surface area (TPSA) is 75.7 Å². The highest BCUT2D eigenvalue weighted by molar-refractivity contribution is 5.99. The molecule has 1 aromatic rings. The third-order valence-electron chi connectivity index (χ3n) is 3.01. The molecule has 0 aliphatic carbocycles. The number of ether oxygens (including phenoxy) is 1. The second-order valence-electron chi connectivity index (χ2n) is 4.92. The number of hydrogen-bond donors (Lipinski definition) is 1. The van der Waals surface area contributed by atoms with Crippen LogP contribution in [-0.2, 0) is 19.1 Å². The van der Waals surface area contributed by atoms with Gasteiger partial charge in [-0.05, 0) is 31.5 Å². The summed E-state index contributed by atoms with van der Waals surface area (Å²) in [6, 6.07) is 3.77.